The number of aromatic nitrogens is 1. The van der Waals surface area contributed by atoms with E-state index in [1.54, 1.807) is 26.3 Å². The van der Waals surface area contributed by atoms with E-state index in [2.05, 4.69) is 10.3 Å². The molecule has 1 heterocycles. The molecule has 5 nitrogen and oxygen atoms in total. The predicted octanol–water partition coefficient (Wildman–Crippen LogP) is 1.96. The lowest BCUT2D eigenvalue weighted by atomic mass is 10.0. The summed E-state index contributed by atoms with van der Waals surface area (Å²) in [6, 6.07) is 7.31. The van der Waals surface area contributed by atoms with Gasteiger partial charge >= 0.3 is 0 Å². The first-order chi connectivity index (χ1) is 9.06. The van der Waals surface area contributed by atoms with E-state index >= 15 is 0 Å². The van der Waals surface area contributed by atoms with Gasteiger partial charge < -0.3 is 15.8 Å². The Morgan fingerprint density at radius 2 is 2.32 bits per heavy atom. The van der Waals surface area contributed by atoms with Crippen molar-refractivity contribution in [1.82, 2.24) is 4.98 Å². The fourth-order valence-corrected chi connectivity index (χ4v) is 2.44. The normalized spacial score (nSPS) is 13.6. The molecule has 2 rings (SSSR count). The summed E-state index contributed by atoms with van der Waals surface area (Å²) in [5.74, 6) is 0.223. The van der Waals surface area contributed by atoms with Crippen LogP contribution in [0.2, 0.25) is 0 Å². The van der Waals surface area contributed by atoms with Gasteiger partial charge in [-0.1, -0.05) is 6.07 Å². The Morgan fingerprint density at radius 3 is 2.89 bits per heavy atom. The molecular weight excluding hydrogens is 262 g/mol. The van der Waals surface area contributed by atoms with E-state index in [1.165, 1.54) is 11.3 Å². The monoisotopic (exact) mass is 277 g/mol. The van der Waals surface area contributed by atoms with Crippen molar-refractivity contribution in [3.63, 3.8) is 0 Å². The van der Waals surface area contributed by atoms with Gasteiger partial charge in [0.15, 0.2) is 5.54 Å². The fraction of sp³-hybridized carbons (Fsp3) is 0.231. The molecule has 1 unspecified atom stereocenters. The van der Waals surface area contributed by atoms with Crippen LogP contribution in [-0.2, 0) is 10.3 Å². The number of ether oxygens (including phenoxy) is 1. The van der Waals surface area contributed by atoms with Gasteiger partial charge in [0.2, 0.25) is 5.91 Å². The molecule has 3 N–H and O–H groups in total. The smallest absolute Gasteiger partial charge is 0.249 e. The Morgan fingerprint density at radius 1 is 1.53 bits per heavy atom. The van der Waals surface area contributed by atoms with Crippen molar-refractivity contribution in [3.05, 3.63) is 40.8 Å². The van der Waals surface area contributed by atoms with Crippen LogP contribution in [0.15, 0.2) is 35.8 Å². The summed E-state index contributed by atoms with van der Waals surface area (Å²) >= 11 is 1.38. The summed E-state index contributed by atoms with van der Waals surface area (Å²) < 4.78 is 5.15. The van der Waals surface area contributed by atoms with E-state index in [0.29, 0.717) is 10.8 Å². The second kappa shape index (κ2) is 5.27. The third kappa shape index (κ3) is 2.68. The lowest BCUT2D eigenvalue weighted by molar-refractivity contribution is -0.122. The molecule has 1 aromatic carbocycles. The lowest BCUT2D eigenvalue weighted by Crippen LogP contribution is -2.45. The highest BCUT2D eigenvalue weighted by molar-refractivity contribution is 7.09. The molecule has 2 aromatic rings. The summed E-state index contributed by atoms with van der Waals surface area (Å²) in [5, 5.41) is 5.56. The van der Waals surface area contributed by atoms with Crippen LogP contribution < -0.4 is 15.8 Å². The minimum atomic E-state index is -1.04. The molecule has 1 amide bonds. The molecule has 0 fully saturated rings. The Kier molecular flexibility index (Phi) is 3.71. The van der Waals surface area contributed by atoms with Crippen LogP contribution >= 0.6 is 11.3 Å². The van der Waals surface area contributed by atoms with Gasteiger partial charge in [-0.05, 0) is 19.1 Å². The van der Waals surface area contributed by atoms with Crippen LogP contribution in [0.4, 0.5) is 5.69 Å². The number of hydrogen-bond acceptors (Lipinski definition) is 5. The van der Waals surface area contributed by atoms with Gasteiger partial charge in [-0.3, -0.25) is 4.79 Å². The van der Waals surface area contributed by atoms with E-state index in [4.69, 9.17) is 10.5 Å². The Hall–Kier alpha value is -2.08. The maximum Gasteiger partial charge on any atom is 0.249 e. The molecule has 1 atom stereocenters. The number of nitrogens with one attached hydrogen (secondary N) is 1. The molecule has 0 spiro atoms. The quantitative estimate of drug-likeness (QED) is 0.876. The molecule has 0 bridgehead atoms. The molecule has 100 valence electrons. The average molecular weight is 277 g/mol. The first-order valence-electron chi connectivity index (χ1n) is 5.68. The standard InChI is InChI=1S/C13H15N3O2S/c1-13(11(14)17,12-15-6-7-19-12)16-9-4-3-5-10(8-9)18-2/h3-8,16H,1-2H3,(H2,14,17). The number of hydrogen-bond donors (Lipinski definition) is 2. The number of nitrogens with zero attached hydrogens (tertiary/aromatic N) is 1. The van der Waals surface area contributed by atoms with Crippen LogP contribution in [0.1, 0.15) is 11.9 Å². The second-order valence-electron chi connectivity index (χ2n) is 4.18. The number of carbonyl (C=O) groups excluding carboxylic acids is 1. The number of anilines is 1. The summed E-state index contributed by atoms with van der Waals surface area (Å²) in [6.07, 6.45) is 1.65. The zero-order valence-electron chi connectivity index (χ0n) is 10.7. The molecule has 0 aliphatic heterocycles. The van der Waals surface area contributed by atoms with E-state index in [9.17, 15) is 4.79 Å². The Balaban J connectivity index is 2.34. The van der Waals surface area contributed by atoms with Crippen molar-refractivity contribution in [2.75, 3.05) is 12.4 Å². The van der Waals surface area contributed by atoms with Crippen LogP contribution in [0.5, 0.6) is 5.75 Å². The summed E-state index contributed by atoms with van der Waals surface area (Å²) in [6.45, 7) is 1.72. The van der Waals surface area contributed by atoms with Gasteiger partial charge in [0.25, 0.3) is 0 Å². The van der Waals surface area contributed by atoms with E-state index in [-0.39, 0.29) is 0 Å². The minimum Gasteiger partial charge on any atom is -0.497 e. The number of primary amides is 1. The first kappa shape index (κ1) is 13.4. The predicted molar refractivity (Wildman–Crippen MR) is 75.3 cm³/mol. The third-order valence-corrected chi connectivity index (χ3v) is 3.81. The lowest BCUT2D eigenvalue weighted by Gasteiger charge is -2.26. The highest BCUT2D eigenvalue weighted by atomic mass is 32.1. The molecule has 19 heavy (non-hydrogen) atoms. The number of rotatable bonds is 5. The molecule has 6 heteroatoms. The van der Waals surface area contributed by atoms with E-state index in [1.807, 2.05) is 23.6 Å². The molecule has 1 aromatic heterocycles. The summed E-state index contributed by atoms with van der Waals surface area (Å²) in [4.78, 5) is 15.9. The number of carbonyl (C=O) groups is 1. The molecule has 0 saturated heterocycles. The molecular formula is C13H15N3O2S. The number of amides is 1. The SMILES string of the molecule is COc1cccc(NC(C)(C(N)=O)c2nccs2)c1. The fourth-order valence-electron chi connectivity index (χ4n) is 1.68. The topological polar surface area (TPSA) is 77.2 Å². The summed E-state index contributed by atoms with van der Waals surface area (Å²) in [7, 11) is 1.59. The van der Waals surface area contributed by atoms with E-state index < -0.39 is 11.4 Å². The number of nitrogens with two attached hydrogens (primary N) is 1. The molecule has 0 aliphatic rings. The van der Waals surface area contributed by atoms with Crippen LogP contribution in [0.25, 0.3) is 0 Å². The highest BCUT2D eigenvalue weighted by Gasteiger charge is 2.35. The van der Waals surface area contributed by atoms with Gasteiger partial charge in [0.1, 0.15) is 10.8 Å². The van der Waals surface area contributed by atoms with Crippen LogP contribution in [-0.4, -0.2) is 18.0 Å². The van der Waals surface area contributed by atoms with Crippen molar-refractivity contribution in [1.29, 1.82) is 0 Å². The van der Waals surface area contributed by atoms with Crippen molar-refractivity contribution in [2.45, 2.75) is 12.5 Å². The van der Waals surface area contributed by atoms with Crippen LogP contribution in [0, 0.1) is 0 Å². The van der Waals surface area contributed by atoms with Gasteiger partial charge in [-0.25, -0.2) is 4.98 Å². The average Bonchev–Trinajstić information content (AvgIpc) is 2.93. The number of benzene rings is 1. The van der Waals surface area contributed by atoms with Crippen molar-refractivity contribution >= 4 is 22.9 Å². The van der Waals surface area contributed by atoms with Gasteiger partial charge in [-0.15, -0.1) is 11.3 Å². The van der Waals surface area contributed by atoms with Gasteiger partial charge in [0.05, 0.1) is 7.11 Å². The largest absolute Gasteiger partial charge is 0.497 e. The van der Waals surface area contributed by atoms with Crippen molar-refractivity contribution in [3.8, 4) is 5.75 Å². The zero-order valence-corrected chi connectivity index (χ0v) is 11.5. The van der Waals surface area contributed by atoms with Crippen molar-refractivity contribution < 1.29 is 9.53 Å². The van der Waals surface area contributed by atoms with Gasteiger partial charge in [-0.2, -0.15) is 0 Å². The van der Waals surface area contributed by atoms with Gasteiger partial charge in [0, 0.05) is 23.3 Å². The second-order valence-corrected chi connectivity index (χ2v) is 5.08. The Bertz CT molecular complexity index is 571. The molecule has 0 saturated carbocycles. The summed E-state index contributed by atoms with van der Waals surface area (Å²) in [5.41, 5.74) is 5.22. The van der Waals surface area contributed by atoms with Crippen molar-refractivity contribution in [2.24, 2.45) is 5.73 Å². The van der Waals surface area contributed by atoms with E-state index in [0.717, 1.165) is 5.69 Å². The minimum absolute atomic E-state index is 0.481. The highest BCUT2D eigenvalue weighted by Crippen LogP contribution is 2.29. The van der Waals surface area contributed by atoms with Crippen LogP contribution in [0.3, 0.4) is 0 Å². The zero-order chi connectivity index (χ0) is 13.9. The number of methoxy groups -OCH3 is 1. The third-order valence-electron chi connectivity index (χ3n) is 2.82. The maximum absolute atomic E-state index is 11.8. The molecule has 0 aliphatic carbocycles. The first-order valence-corrected chi connectivity index (χ1v) is 6.56. The Labute approximate surface area is 115 Å². The molecule has 0 radical (unpaired) electrons. The number of thiazole rings is 1. The maximum atomic E-state index is 11.8.